The van der Waals surface area contributed by atoms with E-state index in [-0.39, 0.29) is 5.56 Å². The highest BCUT2D eigenvalue weighted by Gasteiger charge is 2.05. The van der Waals surface area contributed by atoms with Crippen molar-refractivity contribution in [1.82, 2.24) is 0 Å². The fraction of sp³-hybridized carbons (Fsp3) is 0.125. The Morgan fingerprint density at radius 3 is 2.31 bits per heavy atom. The molecule has 0 spiro atoms. The number of rotatable bonds is 2. The predicted molar refractivity (Wildman–Crippen MR) is 46.2 cm³/mol. The van der Waals surface area contributed by atoms with Crippen molar-refractivity contribution in [1.29, 1.82) is 0 Å². The lowest BCUT2D eigenvalue weighted by Crippen LogP contribution is -2.05. The average Bonchev–Trinajstić information content (AvgIpc) is 2.17. The van der Waals surface area contributed by atoms with E-state index >= 15 is 0 Å². The molecule has 0 saturated heterocycles. The molecule has 0 bridgehead atoms. The van der Waals surface area contributed by atoms with Gasteiger partial charge in [0.1, 0.15) is 5.75 Å². The van der Waals surface area contributed by atoms with Crippen molar-refractivity contribution in [3.05, 3.63) is 29.8 Å². The fourth-order valence-corrected chi connectivity index (χ4v) is 1.15. The summed E-state index contributed by atoms with van der Waals surface area (Å²) in [5.41, 5.74) is 0.133. The van der Waals surface area contributed by atoms with Gasteiger partial charge in [0.25, 0.3) is 0 Å². The van der Waals surface area contributed by atoms with E-state index in [1.165, 1.54) is 31.4 Å². The first-order valence-corrected chi connectivity index (χ1v) is 4.50. The molecule has 0 aromatic heterocycles. The second kappa shape index (κ2) is 4.15. The maximum atomic E-state index is 10.9. The second-order valence-electron chi connectivity index (χ2n) is 2.25. The third-order valence-corrected chi connectivity index (χ3v) is 2.02. The van der Waals surface area contributed by atoms with Crippen molar-refractivity contribution >= 4 is 16.2 Å². The summed E-state index contributed by atoms with van der Waals surface area (Å²) >= 11 is -2.70. The van der Waals surface area contributed by atoms with Gasteiger partial charge in [-0.3, -0.25) is 9.00 Å². The topological polar surface area (TPSA) is 66.4 Å². The minimum Gasteiger partial charge on any atom is -0.766 e. The minimum atomic E-state index is -2.70. The molecule has 0 saturated carbocycles. The predicted octanol–water partition coefficient (Wildman–Crippen LogP) is 0.715. The molecule has 13 heavy (non-hydrogen) atoms. The molecule has 0 amide bonds. The Morgan fingerprint density at radius 2 is 1.92 bits per heavy atom. The van der Waals surface area contributed by atoms with Crippen LogP contribution in [-0.4, -0.2) is 21.0 Å². The molecular weight excluding hydrogens is 192 g/mol. The van der Waals surface area contributed by atoms with Gasteiger partial charge < -0.3 is 9.29 Å². The van der Waals surface area contributed by atoms with Crippen molar-refractivity contribution in [2.45, 2.75) is 0 Å². The maximum Gasteiger partial charge on any atom is 0.236 e. The number of carbonyl (C=O) groups is 1. The zero-order valence-electron chi connectivity index (χ0n) is 6.85. The van der Waals surface area contributed by atoms with Gasteiger partial charge in [-0.2, -0.15) is 0 Å². The van der Waals surface area contributed by atoms with Gasteiger partial charge in [-0.05, 0) is 24.3 Å². The summed E-state index contributed by atoms with van der Waals surface area (Å²) in [6.07, 6.45) is 0. The molecule has 1 aromatic carbocycles. The van der Waals surface area contributed by atoms with E-state index in [9.17, 15) is 13.6 Å². The summed E-state index contributed by atoms with van der Waals surface area (Å²) in [6.45, 7) is 0. The summed E-state index contributed by atoms with van der Waals surface area (Å²) < 4.78 is 25.4. The van der Waals surface area contributed by atoms with Crippen LogP contribution in [0.15, 0.2) is 24.3 Å². The maximum absolute atomic E-state index is 10.9. The first kappa shape index (κ1) is 9.88. The molecule has 0 aliphatic carbocycles. The van der Waals surface area contributed by atoms with E-state index in [1.54, 1.807) is 0 Å². The third-order valence-electron chi connectivity index (χ3n) is 1.48. The van der Waals surface area contributed by atoms with Crippen LogP contribution in [0.5, 0.6) is 5.75 Å². The normalized spacial score (nSPS) is 12.2. The van der Waals surface area contributed by atoms with Crippen molar-refractivity contribution in [2.24, 2.45) is 0 Å². The summed E-state index contributed by atoms with van der Waals surface area (Å²) in [4.78, 5) is 10.9. The Morgan fingerprint density at radius 1 is 1.38 bits per heavy atom. The molecule has 1 aromatic rings. The Kier molecular flexibility index (Phi) is 3.16. The Labute approximate surface area is 77.8 Å². The highest BCUT2D eigenvalue weighted by molar-refractivity contribution is 7.95. The van der Waals surface area contributed by atoms with E-state index in [4.69, 9.17) is 4.74 Å². The molecule has 0 aliphatic rings. The van der Waals surface area contributed by atoms with E-state index in [2.05, 4.69) is 0 Å². The number of carbonyl (C=O) groups excluding carboxylic acids is 1. The third kappa shape index (κ3) is 2.37. The highest BCUT2D eigenvalue weighted by atomic mass is 32.2. The molecule has 1 unspecified atom stereocenters. The first-order valence-electron chi connectivity index (χ1n) is 3.43. The first-order chi connectivity index (χ1) is 6.15. The number of ether oxygens (including phenoxy) is 1. The van der Waals surface area contributed by atoms with Crippen LogP contribution in [0.3, 0.4) is 0 Å². The van der Waals surface area contributed by atoms with Gasteiger partial charge >= 0.3 is 0 Å². The fourth-order valence-electron chi connectivity index (χ4n) is 0.823. The van der Waals surface area contributed by atoms with Gasteiger partial charge in [0.2, 0.25) is 5.12 Å². The lowest BCUT2D eigenvalue weighted by atomic mass is 10.2. The lowest BCUT2D eigenvalue weighted by Gasteiger charge is -2.04. The monoisotopic (exact) mass is 199 g/mol. The summed E-state index contributed by atoms with van der Waals surface area (Å²) in [7, 11) is 1.49. The molecule has 0 N–H and O–H groups in total. The molecule has 1 atom stereocenters. The van der Waals surface area contributed by atoms with Gasteiger partial charge in [-0.25, -0.2) is 0 Å². The van der Waals surface area contributed by atoms with Crippen LogP contribution in [0.25, 0.3) is 0 Å². The van der Waals surface area contributed by atoms with Crippen molar-refractivity contribution in [2.75, 3.05) is 7.11 Å². The highest BCUT2D eigenvalue weighted by Crippen LogP contribution is 2.12. The van der Waals surface area contributed by atoms with E-state index in [1.807, 2.05) is 0 Å². The van der Waals surface area contributed by atoms with Crippen molar-refractivity contribution < 1.29 is 18.3 Å². The minimum absolute atomic E-state index is 0.133. The SMILES string of the molecule is COc1ccc(C(=O)S(=O)[O-])cc1. The van der Waals surface area contributed by atoms with Crippen LogP contribution >= 0.6 is 0 Å². The zero-order valence-corrected chi connectivity index (χ0v) is 7.67. The van der Waals surface area contributed by atoms with Crippen LogP contribution in [0.4, 0.5) is 0 Å². The number of hydrogen-bond acceptors (Lipinski definition) is 4. The Balaban J connectivity index is 2.92. The zero-order chi connectivity index (χ0) is 9.84. The molecule has 1 rings (SSSR count). The van der Waals surface area contributed by atoms with E-state index in [0.717, 1.165) is 0 Å². The Bertz CT molecular complexity index is 331. The van der Waals surface area contributed by atoms with Gasteiger partial charge in [-0.1, -0.05) is 0 Å². The number of benzene rings is 1. The molecule has 0 aliphatic heterocycles. The van der Waals surface area contributed by atoms with Gasteiger partial charge in [0.15, 0.2) is 0 Å². The largest absolute Gasteiger partial charge is 0.766 e. The van der Waals surface area contributed by atoms with Crippen molar-refractivity contribution in [3.8, 4) is 5.75 Å². The van der Waals surface area contributed by atoms with Crippen LogP contribution in [0.2, 0.25) is 0 Å². The molecule has 4 nitrogen and oxygen atoms in total. The molecule has 0 fully saturated rings. The molecule has 0 radical (unpaired) electrons. The van der Waals surface area contributed by atoms with Gasteiger partial charge in [0.05, 0.1) is 7.11 Å². The molecule has 0 heterocycles. The second-order valence-corrected chi connectivity index (χ2v) is 3.09. The van der Waals surface area contributed by atoms with Gasteiger partial charge in [-0.15, -0.1) is 0 Å². The summed E-state index contributed by atoms with van der Waals surface area (Å²) in [5.74, 6) is 0.577. The van der Waals surface area contributed by atoms with E-state index in [0.29, 0.717) is 5.75 Å². The summed E-state index contributed by atoms with van der Waals surface area (Å²) in [6, 6.07) is 5.86. The van der Waals surface area contributed by atoms with E-state index < -0.39 is 16.2 Å². The molecule has 5 heteroatoms. The quantitative estimate of drug-likeness (QED) is 0.658. The molecular formula is C8H7O4S-. The number of methoxy groups -OCH3 is 1. The van der Waals surface area contributed by atoms with Crippen LogP contribution < -0.4 is 4.74 Å². The lowest BCUT2D eigenvalue weighted by molar-refractivity contribution is 0.107. The van der Waals surface area contributed by atoms with Crippen LogP contribution in [-0.2, 0) is 11.1 Å². The molecule has 70 valence electrons. The smallest absolute Gasteiger partial charge is 0.236 e. The number of hydrogen-bond donors (Lipinski definition) is 0. The standard InChI is InChI=1S/C8H8O4S/c1-12-7-4-2-6(3-5-7)8(9)13(10)11/h2-5H,1H3,(H,10,11)/p-1. The summed E-state index contributed by atoms with van der Waals surface area (Å²) in [5, 5.41) is -0.914. The Hall–Kier alpha value is -1.20. The average molecular weight is 199 g/mol. The van der Waals surface area contributed by atoms with Gasteiger partial charge in [0, 0.05) is 16.6 Å². The van der Waals surface area contributed by atoms with Crippen molar-refractivity contribution in [3.63, 3.8) is 0 Å². The van der Waals surface area contributed by atoms with Crippen LogP contribution in [0, 0.1) is 0 Å². The van der Waals surface area contributed by atoms with Crippen LogP contribution in [0.1, 0.15) is 10.4 Å².